The molecule has 5 rings (SSSR count). The number of likely N-dealkylation sites (N-methyl/N-ethyl adjacent to an activating group) is 1. The van der Waals surface area contributed by atoms with Gasteiger partial charge < -0.3 is 14.8 Å². The van der Waals surface area contributed by atoms with E-state index in [0.717, 1.165) is 30.8 Å². The molecule has 146 valence electrons. The number of nitrogens with zero attached hydrogens (tertiary/aromatic N) is 4. The third kappa shape index (κ3) is 2.58. The Balaban J connectivity index is 1.45. The molecule has 3 heterocycles. The number of hydrogen-bond donors (Lipinski definition) is 1. The second-order valence-corrected chi connectivity index (χ2v) is 8.55. The van der Waals surface area contributed by atoms with Gasteiger partial charge in [-0.05, 0) is 57.0 Å². The first kappa shape index (κ1) is 17.5. The predicted molar refractivity (Wildman–Crippen MR) is 110 cm³/mol. The van der Waals surface area contributed by atoms with Crippen LogP contribution >= 0.6 is 0 Å². The molecule has 6 heteroatoms. The van der Waals surface area contributed by atoms with Gasteiger partial charge in [-0.25, -0.2) is 4.79 Å². The normalized spacial score (nSPS) is 24.4. The smallest absolute Gasteiger partial charge is 0.342 e. The molecular formula is C22H27N5O. The summed E-state index contributed by atoms with van der Waals surface area (Å²) in [7, 11) is 4.32. The zero-order valence-electron chi connectivity index (χ0n) is 16.9. The van der Waals surface area contributed by atoms with Crippen LogP contribution in [0.2, 0.25) is 0 Å². The number of piperidine rings is 1. The maximum Gasteiger partial charge on any atom is 0.342 e. The van der Waals surface area contributed by atoms with Crippen LogP contribution in [0.25, 0.3) is 10.9 Å². The molecule has 1 aliphatic carbocycles. The molecular weight excluding hydrogens is 350 g/mol. The Morgan fingerprint density at radius 3 is 2.82 bits per heavy atom. The van der Waals surface area contributed by atoms with Gasteiger partial charge in [-0.3, -0.25) is 0 Å². The highest BCUT2D eigenvalue weighted by molar-refractivity contribution is 5.89. The first-order chi connectivity index (χ1) is 13.4. The monoisotopic (exact) mass is 377 g/mol. The first-order valence-corrected chi connectivity index (χ1v) is 10.0. The number of amides is 1. The fourth-order valence-electron chi connectivity index (χ4n) is 5.39. The van der Waals surface area contributed by atoms with Gasteiger partial charge in [-0.2, -0.15) is 9.78 Å². The lowest BCUT2D eigenvalue weighted by atomic mass is 9.74. The molecule has 0 bridgehead atoms. The lowest BCUT2D eigenvalue weighted by Gasteiger charge is -2.45. The van der Waals surface area contributed by atoms with Gasteiger partial charge in [0, 0.05) is 54.4 Å². The van der Waals surface area contributed by atoms with Crippen LogP contribution in [0.15, 0.2) is 30.5 Å². The standard InChI is InChI=1S/C22H27N5O/c1-13-8-14(2)27(24-13)22(28)23-16-10-18-17-6-5-7-19-21(17)15(11-25(19)3)9-20(18)26(4)12-16/h5-8,11,16,18,20H,9-10,12H2,1-4H3,(H,23,28)/t16-,18+,20-/m1/s1. The van der Waals surface area contributed by atoms with Gasteiger partial charge in [0.25, 0.3) is 0 Å². The van der Waals surface area contributed by atoms with Crippen LogP contribution in [0.5, 0.6) is 0 Å². The molecule has 1 aliphatic heterocycles. The minimum atomic E-state index is -0.128. The van der Waals surface area contributed by atoms with E-state index in [0.29, 0.717) is 12.0 Å². The van der Waals surface area contributed by atoms with Crippen LogP contribution in [0, 0.1) is 13.8 Å². The van der Waals surface area contributed by atoms with E-state index in [1.165, 1.54) is 26.7 Å². The van der Waals surface area contributed by atoms with E-state index in [2.05, 4.69) is 58.4 Å². The maximum absolute atomic E-state index is 12.8. The van der Waals surface area contributed by atoms with Gasteiger partial charge in [-0.15, -0.1) is 0 Å². The lowest BCUT2D eigenvalue weighted by molar-refractivity contribution is 0.128. The average Bonchev–Trinajstić information content (AvgIpc) is 3.16. The van der Waals surface area contributed by atoms with Gasteiger partial charge in [-0.1, -0.05) is 12.1 Å². The molecule has 1 amide bonds. The lowest BCUT2D eigenvalue weighted by Crippen LogP contribution is -2.55. The molecule has 6 nitrogen and oxygen atoms in total. The number of fused-ring (bicyclic) bond motifs is 2. The number of nitrogens with one attached hydrogen (secondary N) is 1. The molecule has 0 unspecified atom stereocenters. The van der Waals surface area contributed by atoms with Crippen LogP contribution in [-0.4, -0.2) is 51.0 Å². The Hall–Kier alpha value is -2.60. The van der Waals surface area contributed by atoms with Crippen molar-refractivity contribution >= 4 is 16.9 Å². The van der Waals surface area contributed by atoms with Gasteiger partial charge in [0.15, 0.2) is 0 Å². The average molecular weight is 377 g/mol. The summed E-state index contributed by atoms with van der Waals surface area (Å²) in [5.41, 5.74) is 5.92. The summed E-state index contributed by atoms with van der Waals surface area (Å²) in [5.74, 6) is 0.433. The van der Waals surface area contributed by atoms with E-state index < -0.39 is 0 Å². The van der Waals surface area contributed by atoms with Gasteiger partial charge in [0.2, 0.25) is 0 Å². The van der Waals surface area contributed by atoms with Crippen molar-refractivity contribution in [2.75, 3.05) is 13.6 Å². The summed E-state index contributed by atoms with van der Waals surface area (Å²) in [6.07, 6.45) is 4.33. The summed E-state index contributed by atoms with van der Waals surface area (Å²) in [6.45, 7) is 4.70. The largest absolute Gasteiger partial charge is 0.350 e. The van der Waals surface area contributed by atoms with Crippen LogP contribution < -0.4 is 5.32 Å². The van der Waals surface area contributed by atoms with Crippen molar-refractivity contribution in [2.24, 2.45) is 7.05 Å². The Bertz CT molecular complexity index is 1080. The number of aromatic nitrogens is 3. The Kier molecular flexibility index (Phi) is 3.88. The summed E-state index contributed by atoms with van der Waals surface area (Å²) in [6, 6.07) is 9.06. The number of aryl methyl sites for hydroxylation is 3. The quantitative estimate of drug-likeness (QED) is 0.709. The van der Waals surface area contributed by atoms with E-state index in [1.54, 1.807) is 0 Å². The van der Waals surface area contributed by atoms with Crippen LogP contribution in [0.1, 0.15) is 34.9 Å². The van der Waals surface area contributed by atoms with Crippen molar-refractivity contribution in [3.63, 3.8) is 0 Å². The zero-order valence-corrected chi connectivity index (χ0v) is 16.9. The molecule has 1 N–H and O–H groups in total. The minimum Gasteiger partial charge on any atom is -0.350 e. The number of carbonyl (C=O) groups excluding carboxylic acids is 1. The molecule has 0 saturated carbocycles. The highest BCUT2D eigenvalue weighted by Gasteiger charge is 2.40. The van der Waals surface area contributed by atoms with Crippen molar-refractivity contribution in [1.29, 1.82) is 0 Å². The minimum absolute atomic E-state index is 0.114. The van der Waals surface area contributed by atoms with Crippen LogP contribution in [-0.2, 0) is 13.5 Å². The Morgan fingerprint density at radius 2 is 2.07 bits per heavy atom. The van der Waals surface area contributed by atoms with Crippen molar-refractivity contribution < 1.29 is 4.79 Å². The summed E-state index contributed by atoms with van der Waals surface area (Å²) >= 11 is 0. The number of carbonyl (C=O) groups is 1. The van der Waals surface area contributed by atoms with Crippen molar-refractivity contribution in [2.45, 2.75) is 44.7 Å². The van der Waals surface area contributed by atoms with Crippen molar-refractivity contribution in [3.8, 4) is 0 Å². The van der Waals surface area contributed by atoms with Gasteiger partial charge in [0.1, 0.15) is 0 Å². The van der Waals surface area contributed by atoms with Gasteiger partial charge in [0.05, 0.1) is 5.69 Å². The fourth-order valence-corrected chi connectivity index (χ4v) is 5.39. The molecule has 3 atom stereocenters. The van der Waals surface area contributed by atoms with E-state index >= 15 is 0 Å². The molecule has 2 aromatic heterocycles. The summed E-state index contributed by atoms with van der Waals surface area (Å²) < 4.78 is 3.73. The van der Waals surface area contributed by atoms with E-state index in [1.807, 2.05) is 19.9 Å². The fraction of sp³-hybridized carbons (Fsp3) is 0.455. The molecule has 2 aliphatic rings. The Morgan fingerprint density at radius 1 is 1.25 bits per heavy atom. The first-order valence-electron chi connectivity index (χ1n) is 10.0. The van der Waals surface area contributed by atoms with E-state index in [-0.39, 0.29) is 12.1 Å². The number of benzene rings is 1. The van der Waals surface area contributed by atoms with Crippen LogP contribution in [0.3, 0.4) is 0 Å². The van der Waals surface area contributed by atoms with E-state index in [9.17, 15) is 4.79 Å². The molecule has 0 radical (unpaired) electrons. The zero-order chi connectivity index (χ0) is 19.6. The van der Waals surface area contributed by atoms with Crippen molar-refractivity contribution in [1.82, 2.24) is 24.6 Å². The Labute approximate surface area is 165 Å². The molecule has 0 spiro atoms. The topological polar surface area (TPSA) is 55.1 Å². The SMILES string of the molecule is Cc1cc(C)n(C(=O)N[C@@H]2C[C@H]3c4cccc5c4c(cn5C)C[C@H]3N(C)C2)n1. The third-order valence-corrected chi connectivity index (χ3v) is 6.56. The summed E-state index contributed by atoms with van der Waals surface area (Å²) in [5, 5.41) is 8.98. The number of rotatable bonds is 1. The second kappa shape index (κ2) is 6.21. The van der Waals surface area contributed by atoms with Crippen molar-refractivity contribution in [3.05, 3.63) is 53.0 Å². The predicted octanol–water partition coefficient (Wildman–Crippen LogP) is 2.96. The van der Waals surface area contributed by atoms with Crippen LogP contribution in [0.4, 0.5) is 4.79 Å². The van der Waals surface area contributed by atoms with Gasteiger partial charge >= 0.3 is 6.03 Å². The molecule has 1 saturated heterocycles. The number of likely N-dealkylation sites (tertiary alicyclic amines) is 1. The molecule has 3 aromatic rings. The molecule has 1 aromatic carbocycles. The van der Waals surface area contributed by atoms with E-state index in [4.69, 9.17) is 0 Å². The summed E-state index contributed by atoms with van der Waals surface area (Å²) in [4.78, 5) is 15.2. The third-order valence-electron chi connectivity index (χ3n) is 6.56. The number of hydrogen-bond acceptors (Lipinski definition) is 3. The second-order valence-electron chi connectivity index (χ2n) is 8.55. The molecule has 28 heavy (non-hydrogen) atoms. The highest BCUT2D eigenvalue weighted by atomic mass is 16.2. The molecule has 1 fully saturated rings. The highest BCUT2D eigenvalue weighted by Crippen LogP contribution is 2.43. The maximum atomic E-state index is 12.8.